The number of quaternary nitrogens is 1. The molecule has 0 aliphatic rings. The summed E-state index contributed by atoms with van der Waals surface area (Å²) in [5.74, 6) is 0.282. The van der Waals surface area contributed by atoms with Crippen LogP contribution in [-0.4, -0.2) is 38.5 Å². The summed E-state index contributed by atoms with van der Waals surface area (Å²) in [6.07, 6.45) is 3.42. The molecule has 2 heterocycles. The van der Waals surface area contributed by atoms with Crippen molar-refractivity contribution in [3.63, 3.8) is 0 Å². The lowest BCUT2D eigenvalue weighted by molar-refractivity contribution is -0.891. The minimum atomic E-state index is -0.732. The van der Waals surface area contributed by atoms with E-state index >= 15 is 0 Å². The van der Waals surface area contributed by atoms with E-state index in [0.717, 1.165) is 16.2 Å². The van der Waals surface area contributed by atoms with Gasteiger partial charge in [-0.1, -0.05) is 30.3 Å². The normalized spacial score (nSPS) is 13.1. The summed E-state index contributed by atoms with van der Waals surface area (Å²) in [6.45, 7) is 0.386. The molecule has 3 aromatic rings. The topological polar surface area (TPSA) is 88.9 Å². The number of rotatable bonds is 9. The van der Waals surface area contributed by atoms with Crippen LogP contribution in [0.15, 0.2) is 76.0 Å². The molecule has 0 saturated heterocycles. The first-order valence-electron chi connectivity index (χ1n) is 9.54. The van der Waals surface area contributed by atoms with Crippen molar-refractivity contribution in [2.45, 2.75) is 18.5 Å². The maximum absolute atomic E-state index is 13.0. The molecule has 3 rings (SSSR count). The Morgan fingerprint density at radius 3 is 2.31 bits per heavy atom. The van der Waals surface area contributed by atoms with Gasteiger partial charge in [-0.3, -0.25) is 9.59 Å². The molecular weight excluding hydrogens is 370 g/mol. The zero-order valence-corrected chi connectivity index (χ0v) is 16.6. The number of furan rings is 2. The molecule has 0 fully saturated rings. The van der Waals surface area contributed by atoms with Gasteiger partial charge in [-0.05, 0) is 29.8 Å². The van der Waals surface area contributed by atoms with Gasteiger partial charge in [-0.2, -0.15) is 0 Å². The van der Waals surface area contributed by atoms with Crippen LogP contribution in [0.3, 0.4) is 0 Å². The number of likely N-dealkylation sites (N-methyl/N-ethyl adjacent to an activating group) is 1. The van der Waals surface area contributed by atoms with Crippen molar-refractivity contribution in [2.24, 2.45) is 0 Å². The van der Waals surface area contributed by atoms with E-state index < -0.39 is 11.9 Å². The highest BCUT2D eigenvalue weighted by Crippen LogP contribution is 2.10. The van der Waals surface area contributed by atoms with Crippen LogP contribution in [0.4, 0.5) is 0 Å². The van der Waals surface area contributed by atoms with Gasteiger partial charge in [0.15, 0.2) is 17.6 Å². The molecule has 1 aromatic carbocycles. The van der Waals surface area contributed by atoms with Gasteiger partial charge in [0.25, 0.3) is 5.91 Å². The Hall–Kier alpha value is -3.32. The van der Waals surface area contributed by atoms with Crippen molar-refractivity contribution in [2.75, 3.05) is 20.6 Å². The van der Waals surface area contributed by atoms with Gasteiger partial charge in [-0.25, -0.2) is 0 Å². The summed E-state index contributed by atoms with van der Waals surface area (Å²) in [6, 6.07) is 15.7. The first-order valence-corrected chi connectivity index (χ1v) is 9.54. The Bertz CT molecular complexity index is 890. The third-order valence-electron chi connectivity index (χ3n) is 4.71. The molecule has 0 aliphatic heterocycles. The number of benzene rings is 1. The molecule has 0 saturated carbocycles. The summed E-state index contributed by atoms with van der Waals surface area (Å²) in [5.41, 5.74) is 0.952. The maximum Gasteiger partial charge on any atom is 0.287 e. The van der Waals surface area contributed by atoms with Crippen molar-refractivity contribution in [1.82, 2.24) is 10.6 Å². The summed E-state index contributed by atoms with van der Waals surface area (Å²) < 4.78 is 10.6. The largest absolute Gasteiger partial charge is 0.463 e. The smallest absolute Gasteiger partial charge is 0.287 e. The van der Waals surface area contributed by atoms with E-state index in [4.69, 9.17) is 8.83 Å². The first-order chi connectivity index (χ1) is 14.0. The van der Waals surface area contributed by atoms with E-state index in [2.05, 4.69) is 10.6 Å². The average Bonchev–Trinajstić information content (AvgIpc) is 3.42. The quantitative estimate of drug-likeness (QED) is 0.507. The molecule has 152 valence electrons. The monoisotopic (exact) mass is 396 g/mol. The number of carbonyl (C=O) groups excluding carboxylic acids is 2. The van der Waals surface area contributed by atoms with E-state index in [9.17, 15) is 9.59 Å². The van der Waals surface area contributed by atoms with Crippen LogP contribution < -0.4 is 15.5 Å². The number of hydrogen-bond acceptors (Lipinski definition) is 4. The summed E-state index contributed by atoms with van der Waals surface area (Å²) in [4.78, 5) is 26.5. The second-order valence-corrected chi connectivity index (χ2v) is 7.08. The van der Waals surface area contributed by atoms with Gasteiger partial charge in [0.1, 0.15) is 6.04 Å². The van der Waals surface area contributed by atoms with Gasteiger partial charge in [0, 0.05) is 6.42 Å². The van der Waals surface area contributed by atoms with Crippen LogP contribution in [0.25, 0.3) is 0 Å². The lowest BCUT2D eigenvalue weighted by atomic mass is 10.0. The summed E-state index contributed by atoms with van der Waals surface area (Å²) in [7, 11) is 4.00. The first kappa shape index (κ1) is 20.4. The molecule has 2 amide bonds. The summed E-state index contributed by atoms with van der Waals surface area (Å²) in [5, 5.41) is 5.74. The van der Waals surface area contributed by atoms with Gasteiger partial charge in [0.05, 0.1) is 33.2 Å². The lowest BCUT2D eigenvalue weighted by Crippen LogP contribution is -3.07. The Morgan fingerprint density at radius 2 is 1.69 bits per heavy atom. The highest BCUT2D eigenvalue weighted by atomic mass is 16.3. The summed E-state index contributed by atoms with van der Waals surface area (Å²) >= 11 is 0. The van der Waals surface area contributed by atoms with Crippen molar-refractivity contribution in [3.05, 3.63) is 84.2 Å². The van der Waals surface area contributed by atoms with Crippen molar-refractivity contribution in [3.8, 4) is 0 Å². The molecule has 7 nitrogen and oxygen atoms in total. The molecule has 0 bridgehead atoms. The van der Waals surface area contributed by atoms with Gasteiger partial charge in [0.2, 0.25) is 5.91 Å². The van der Waals surface area contributed by atoms with Crippen molar-refractivity contribution < 1.29 is 23.3 Å². The fraction of sp³-hybridized carbons (Fsp3) is 0.273. The molecule has 29 heavy (non-hydrogen) atoms. The minimum Gasteiger partial charge on any atom is -0.463 e. The van der Waals surface area contributed by atoms with Gasteiger partial charge in [-0.15, -0.1) is 0 Å². The Morgan fingerprint density at radius 1 is 0.966 bits per heavy atom. The second-order valence-electron chi connectivity index (χ2n) is 7.08. The standard InChI is InChI=1S/C22H25N3O4/c1-25(2)18(19-10-6-12-28-19)15-23-21(26)17(14-16-8-4-3-5-9-16)24-22(27)20-11-7-13-29-20/h3-13,17-18H,14-15H2,1-2H3,(H,23,26)(H,24,27)/p+1/t17-,18-/m1/s1. The molecule has 0 radical (unpaired) electrons. The van der Waals surface area contributed by atoms with Gasteiger partial charge >= 0.3 is 0 Å². The van der Waals surface area contributed by atoms with E-state index in [0.29, 0.717) is 13.0 Å². The van der Waals surface area contributed by atoms with Crippen LogP contribution in [0.2, 0.25) is 0 Å². The zero-order valence-electron chi connectivity index (χ0n) is 16.6. The molecule has 7 heteroatoms. The third kappa shape index (κ3) is 5.58. The fourth-order valence-corrected chi connectivity index (χ4v) is 3.10. The Balaban J connectivity index is 1.70. The number of carbonyl (C=O) groups is 2. The van der Waals surface area contributed by atoms with Crippen LogP contribution in [0.1, 0.15) is 27.9 Å². The zero-order chi connectivity index (χ0) is 20.6. The molecular formula is C22H26N3O4+. The second kappa shape index (κ2) is 9.75. The van der Waals surface area contributed by atoms with E-state index in [-0.39, 0.29) is 17.7 Å². The van der Waals surface area contributed by atoms with Crippen molar-refractivity contribution >= 4 is 11.8 Å². The highest BCUT2D eigenvalue weighted by Gasteiger charge is 2.26. The SMILES string of the molecule is C[NH+](C)[C@H](CNC(=O)[C@@H](Cc1ccccc1)NC(=O)c1ccco1)c1ccco1. The fourth-order valence-electron chi connectivity index (χ4n) is 3.10. The van der Waals surface area contributed by atoms with Crippen molar-refractivity contribution in [1.29, 1.82) is 0 Å². The van der Waals surface area contributed by atoms with Crippen LogP contribution in [-0.2, 0) is 11.2 Å². The Labute approximate surface area is 169 Å². The van der Waals surface area contributed by atoms with Crippen LogP contribution in [0, 0.1) is 0 Å². The highest BCUT2D eigenvalue weighted by molar-refractivity contribution is 5.95. The molecule has 3 N–H and O–H groups in total. The maximum atomic E-state index is 13.0. The third-order valence-corrected chi connectivity index (χ3v) is 4.71. The molecule has 0 aliphatic carbocycles. The Kier molecular flexibility index (Phi) is 6.86. The number of hydrogen-bond donors (Lipinski definition) is 3. The average molecular weight is 396 g/mol. The molecule has 0 unspecified atom stereocenters. The molecule has 0 spiro atoms. The minimum absolute atomic E-state index is 0.0351. The predicted octanol–water partition coefficient (Wildman–Crippen LogP) is 1.22. The predicted molar refractivity (Wildman–Crippen MR) is 107 cm³/mol. The van der Waals surface area contributed by atoms with Crippen LogP contribution in [0.5, 0.6) is 0 Å². The van der Waals surface area contributed by atoms with E-state index in [1.165, 1.54) is 6.26 Å². The van der Waals surface area contributed by atoms with Crippen LogP contribution >= 0.6 is 0 Å². The number of amides is 2. The number of nitrogens with one attached hydrogen (secondary N) is 3. The lowest BCUT2D eigenvalue weighted by Gasteiger charge is -2.22. The van der Waals surface area contributed by atoms with Gasteiger partial charge < -0.3 is 24.4 Å². The van der Waals surface area contributed by atoms with E-state index in [1.807, 2.05) is 56.6 Å². The van der Waals surface area contributed by atoms with E-state index in [1.54, 1.807) is 18.4 Å². The molecule has 2 atom stereocenters. The molecule has 2 aromatic heterocycles.